The Labute approximate surface area is 161 Å². The van der Waals surface area contributed by atoms with E-state index in [2.05, 4.69) is 25.3 Å². The molecule has 4 aromatic rings. The largest absolute Gasteiger partial charge is 0.477 e. The molecular weight excluding hydrogens is 392 g/mol. The summed E-state index contributed by atoms with van der Waals surface area (Å²) < 4.78 is 60.0. The van der Waals surface area contributed by atoms with Crippen LogP contribution in [-0.4, -0.2) is 43.2 Å². The van der Waals surface area contributed by atoms with Gasteiger partial charge in [-0.05, 0) is 19.9 Å². The van der Waals surface area contributed by atoms with Crippen molar-refractivity contribution in [3.63, 3.8) is 0 Å². The van der Waals surface area contributed by atoms with E-state index in [1.54, 1.807) is 25.5 Å². The number of nitrogens with zero attached hydrogens (tertiary/aromatic N) is 4. The van der Waals surface area contributed by atoms with E-state index in [0.29, 0.717) is 16.5 Å². The molecule has 29 heavy (non-hydrogen) atoms. The molecule has 2 N–H and O–H groups in total. The molecule has 4 aromatic heterocycles. The highest BCUT2D eigenvalue weighted by molar-refractivity contribution is 5.97. The number of aromatic amines is 1. The van der Waals surface area contributed by atoms with E-state index >= 15 is 0 Å². The molecule has 0 amide bonds. The minimum atomic E-state index is -4.46. The van der Waals surface area contributed by atoms with E-state index in [4.69, 9.17) is 4.74 Å². The lowest BCUT2D eigenvalue weighted by atomic mass is 10.1. The maximum Gasteiger partial charge on any atom is 0.408 e. The number of ether oxygens (including phenoxy) is 1. The van der Waals surface area contributed by atoms with Crippen molar-refractivity contribution in [1.82, 2.24) is 24.3 Å². The van der Waals surface area contributed by atoms with Gasteiger partial charge in [0, 0.05) is 35.9 Å². The molecule has 7 nitrogen and oxygen atoms in total. The Kier molecular flexibility index (Phi) is 4.52. The summed E-state index contributed by atoms with van der Waals surface area (Å²) in [5.41, 5.74) is 1.51. The van der Waals surface area contributed by atoms with Crippen LogP contribution in [0.4, 0.5) is 23.5 Å². The van der Waals surface area contributed by atoms with Crippen molar-refractivity contribution < 1.29 is 22.3 Å². The Hall–Kier alpha value is -3.37. The molecule has 0 saturated heterocycles. The average molecular weight is 408 g/mol. The van der Waals surface area contributed by atoms with Crippen molar-refractivity contribution in [3.05, 3.63) is 36.7 Å². The Morgan fingerprint density at radius 3 is 2.83 bits per heavy atom. The van der Waals surface area contributed by atoms with Crippen LogP contribution in [0.2, 0.25) is 0 Å². The highest BCUT2D eigenvalue weighted by Crippen LogP contribution is 2.35. The van der Waals surface area contributed by atoms with Crippen molar-refractivity contribution in [2.45, 2.75) is 26.1 Å². The Bertz CT molecular complexity index is 1180. The fourth-order valence-electron chi connectivity index (χ4n) is 2.95. The molecule has 152 valence electrons. The van der Waals surface area contributed by atoms with Crippen LogP contribution >= 0.6 is 0 Å². The number of aromatic nitrogens is 5. The third kappa shape index (κ3) is 3.43. The van der Waals surface area contributed by atoms with Gasteiger partial charge in [0.2, 0.25) is 11.8 Å². The zero-order valence-corrected chi connectivity index (χ0v) is 15.4. The number of alkyl halides is 3. The van der Waals surface area contributed by atoms with Crippen molar-refractivity contribution in [2.24, 2.45) is 0 Å². The summed E-state index contributed by atoms with van der Waals surface area (Å²) in [5.74, 6) is -0.648. The fraction of sp³-hybridized carbons (Fsp3) is 0.278. The molecule has 0 aliphatic carbocycles. The number of rotatable bonds is 5. The summed E-state index contributed by atoms with van der Waals surface area (Å²) in [4.78, 5) is 15.1. The highest BCUT2D eigenvalue weighted by atomic mass is 19.4. The Balaban J connectivity index is 1.84. The van der Waals surface area contributed by atoms with Crippen molar-refractivity contribution >= 4 is 22.6 Å². The highest BCUT2D eigenvalue weighted by Gasteiger charge is 2.36. The second-order valence-electron chi connectivity index (χ2n) is 6.35. The van der Waals surface area contributed by atoms with Crippen LogP contribution in [0.15, 0.2) is 30.9 Å². The molecule has 11 heteroatoms. The van der Waals surface area contributed by atoms with E-state index < -0.39 is 18.0 Å². The molecule has 1 atom stereocenters. The Morgan fingerprint density at radius 1 is 1.31 bits per heavy atom. The van der Waals surface area contributed by atoms with Crippen LogP contribution in [0.5, 0.6) is 5.88 Å². The topological polar surface area (TPSA) is 80.1 Å². The monoisotopic (exact) mass is 408 g/mol. The maximum absolute atomic E-state index is 14.4. The van der Waals surface area contributed by atoms with Crippen molar-refractivity contribution in [2.75, 3.05) is 11.9 Å². The second-order valence-corrected chi connectivity index (χ2v) is 6.35. The summed E-state index contributed by atoms with van der Waals surface area (Å²) in [6, 6.07) is -0.528. The first kappa shape index (κ1) is 19.0. The van der Waals surface area contributed by atoms with Crippen LogP contribution in [0.3, 0.4) is 0 Å². The molecule has 0 fully saturated rings. The molecule has 0 bridgehead atoms. The number of H-pyrrole nitrogens is 1. The number of fused-ring (bicyclic) bond motifs is 2. The first-order chi connectivity index (χ1) is 13.8. The van der Waals surface area contributed by atoms with Gasteiger partial charge in [-0.15, -0.1) is 0 Å². The summed E-state index contributed by atoms with van der Waals surface area (Å²) in [5, 5.41) is 2.67. The summed E-state index contributed by atoms with van der Waals surface area (Å²) >= 11 is 0. The zero-order valence-electron chi connectivity index (χ0n) is 15.4. The molecule has 0 spiro atoms. The van der Waals surface area contributed by atoms with Crippen LogP contribution in [-0.2, 0) is 0 Å². The van der Waals surface area contributed by atoms with Gasteiger partial charge < -0.3 is 19.4 Å². The molecule has 0 aliphatic rings. The molecular formula is C18H16F4N6O. The molecule has 4 heterocycles. The first-order valence-corrected chi connectivity index (χ1v) is 8.75. The van der Waals surface area contributed by atoms with Gasteiger partial charge in [-0.25, -0.2) is 9.37 Å². The van der Waals surface area contributed by atoms with Gasteiger partial charge in [0.15, 0.2) is 11.5 Å². The van der Waals surface area contributed by atoms with Gasteiger partial charge in [-0.3, -0.25) is 0 Å². The van der Waals surface area contributed by atoms with E-state index in [1.165, 1.54) is 16.7 Å². The van der Waals surface area contributed by atoms with Crippen molar-refractivity contribution in [3.8, 4) is 17.0 Å². The number of imidazole rings is 1. The third-order valence-corrected chi connectivity index (χ3v) is 4.37. The second kappa shape index (κ2) is 6.90. The van der Waals surface area contributed by atoms with Crippen LogP contribution in [0.25, 0.3) is 27.8 Å². The molecule has 0 unspecified atom stereocenters. The van der Waals surface area contributed by atoms with E-state index in [9.17, 15) is 17.6 Å². The fourth-order valence-corrected chi connectivity index (χ4v) is 2.95. The number of pyridine rings is 1. The number of anilines is 1. The van der Waals surface area contributed by atoms with Gasteiger partial charge in [-0.1, -0.05) is 0 Å². The average Bonchev–Trinajstić information content (AvgIpc) is 3.28. The standard InChI is InChI=1S/C18H16F4N6O/c1-3-29-16-13-11(10-6-12(19)15-23-4-5-28(15)8-10)7-24-14(13)26-17(27-16)25-9(2)18(20,21)22/h4-9H,3H2,1-2H3,(H2,24,25,26,27)/t9-/m1/s1. The SMILES string of the molecule is CCOc1nc(N[C@H](C)C(F)(F)F)nc2[nH]cc(-c3cc(F)c4nccn4c3)c12. The lowest BCUT2D eigenvalue weighted by Crippen LogP contribution is -2.33. The number of hydrogen-bond acceptors (Lipinski definition) is 5. The number of hydrogen-bond donors (Lipinski definition) is 2. The lowest BCUT2D eigenvalue weighted by Gasteiger charge is -2.17. The van der Waals surface area contributed by atoms with E-state index in [-0.39, 0.29) is 29.7 Å². The molecule has 0 radical (unpaired) electrons. The lowest BCUT2D eigenvalue weighted by molar-refractivity contribution is -0.138. The van der Waals surface area contributed by atoms with Gasteiger partial charge >= 0.3 is 6.18 Å². The predicted molar refractivity (Wildman–Crippen MR) is 98.3 cm³/mol. The predicted octanol–water partition coefficient (Wildman–Crippen LogP) is 4.17. The van der Waals surface area contributed by atoms with E-state index in [0.717, 1.165) is 6.92 Å². The van der Waals surface area contributed by atoms with Gasteiger partial charge in [0.1, 0.15) is 11.7 Å². The van der Waals surface area contributed by atoms with Gasteiger partial charge in [0.05, 0.1) is 12.0 Å². The zero-order chi connectivity index (χ0) is 20.8. The summed E-state index contributed by atoms with van der Waals surface area (Å²) in [7, 11) is 0. The number of nitrogens with one attached hydrogen (secondary N) is 2. The molecule has 0 saturated carbocycles. The number of halogens is 4. The first-order valence-electron chi connectivity index (χ1n) is 8.75. The van der Waals surface area contributed by atoms with Gasteiger partial charge in [0.25, 0.3) is 0 Å². The Morgan fingerprint density at radius 2 is 2.10 bits per heavy atom. The van der Waals surface area contributed by atoms with Crippen LogP contribution < -0.4 is 10.1 Å². The smallest absolute Gasteiger partial charge is 0.408 e. The molecule has 0 aliphatic heterocycles. The van der Waals surface area contributed by atoms with Crippen LogP contribution in [0, 0.1) is 5.82 Å². The quantitative estimate of drug-likeness (QED) is 0.485. The van der Waals surface area contributed by atoms with E-state index in [1.807, 2.05) is 0 Å². The summed E-state index contributed by atoms with van der Waals surface area (Å²) in [6.45, 7) is 2.93. The minimum absolute atomic E-state index is 0.0942. The normalized spacial score (nSPS) is 13.2. The summed E-state index contributed by atoms with van der Waals surface area (Å²) in [6.07, 6.45) is 1.89. The maximum atomic E-state index is 14.4. The molecule has 4 rings (SSSR count). The minimum Gasteiger partial charge on any atom is -0.477 e. The van der Waals surface area contributed by atoms with Crippen LogP contribution in [0.1, 0.15) is 13.8 Å². The third-order valence-electron chi connectivity index (χ3n) is 4.37. The molecule has 0 aromatic carbocycles. The van der Waals surface area contributed by atoms with Crippen molar-refractivity contribution in [1.29, 1.82) is 0 Å². The van der Waals surface area contributed by atoms with Gasteiger partial charge in [-0.2, -0.15) is 23.1 Å².